The molecule has 30 heavy (non-hydrogen) atoms. The normalized spacial score (nSPS) is 15.1. The molecule has 0 fully saturated rings. The first-order valence-corrected chi connectivity index (χ1v) is 11.2. The Morgan fingerprint density at radius 3 is 2.60 bits per heavy atom. The Hall–Kier alpha value is -2.35. The fourth-order valence-electron chi connectivity index (χ4n) is 3.73. The smallest absolute Gasteiger partial charge is 0.261 e. The highest BCUT2D eigenvalue weighted by Crippen LogP contribution is 2.35. The number of carbonyl (C=O) groups excluding carboxylic acids is 2. The van der Waals surface area contributed by atoms with Crippen molar-refractivity contribution in [2.75, 3.05) is 32.8 Å². The third-order valence-electron chi connectivity index (χ3n) is 5.27. The number of fused-ring (bicyclic) bond motifs is 2. The van der Waals surface area contributed by atoms with E-state index in [1.807, 2.05) is 12.1 Å². The molecule has 2 aliphatic heterocycles. The minimum absolute atomic E-state index is 0.180. The summed E-state index contributed by atoms with van der Waals surface area (Å²) in [6, 6.07) is 13.2. The van der Waals surface area contributed by atoms with E-state index in [1.54, 1.807) is 24.3 Å². The van der Waals surface area contributed by atoms with E-state index in [2.05, 4.69) is 11.4 Å². The van der Waals surface area contributed by atoms with Gasteiger partial charge in [-0.1, -0.05) is 24.3 Å². The lowest BCUT2D eigenvalue weighted by Gasteiger charge is -2.19. The van der Waals surface area contributed by atoms with Crippen molar-refractivity contribution in [3.8, 4) is 5.75 Å². The van der Waals surface area contributed by atoms with Gasteiger partial charge >= 0.3 is 0 Å². The van der Waals surface area contributed by atoms with Gasteiger partial charge in [-0.05, 0) is 56.0 Å². The largest absolute Gasteiger partial charge is 0.492 e. The molecule has 2 heterocycles. The van der Waals surface area contributed by atoms with Gasteiger partial charge in [0.05, 0.1) is 29.2 Å². The highest BCUT2D eigenvalue weighted by Gasteiger charge is 2.34. The molecular formula is C23H26N2O4S. The summed E-state index contributed by atoms with van der Waals surface area (Å²) in [5.74, 6) is 0.608. The van der Waals surface area contributed by atoms with Crippen molar-refractivity contribution in [1.82, 2.24) is 10.2 Å². The lowest BCUT2D eigenvalue weighted by atomic mass is 10.1. The van der Waals surface area contributed by atoms with Crippen LogP contribution in [-0.2, 0) is 10.6 Å². The summed E-state index contributed by atoms with van der Waals surface area (Å²) < 4.78 is 11.5. The summed E-state index contributed by atoms with van der Waals surface area (Å²) in [7, 11) is 0. The molecule has 0 atom stereocenters. The van der Waals surface area contributed by atoms with E-state index in [-0.39, 0.29) is 11.8 Å². The molecule has 2 amide bonds. The highest BCUT2D eigenvalue weighted by atomic mass is 32.2. The Labute approximate surface area is 181 Å². The summed E-state index contributed by atoms with van der Waals surface area (Å²) in [4.78, 5) is 27.0. The number of carbonyl (C=O) groups is 2. The van der Waals surface area contributed by atoms with Crippen molar-refractivity contribution in [3.63, 3.8) is 0 Å². The topological polar surface area (TPSA) is 67.9 Å². The number of hydrogen-bond donors (Lipinski definition) is 1. The van der Waals surface area contributed by atoms with Crippen LogP contribution in [0.15, 0.2) is 47.4 Å². The van der Waals surface area contributed by atoms with Crippen LogP contribution in [0.25, 0.3) is 0 Å². The molecule has 0 radical (unpaired) electrons. The second kappa shape index (κ2) is 10.1. The first-order valence-electron chi connectivity index (χ1n) is 10.5. The maximum atomic E-state index is 12.3. The van der Waals surface area contributed by atoms with E-state index in [0.29, 0.717) is 24.3 Å². The number of imide groups is 1. The number of rotatable bonds is 10. The Morgan fingerprint density at radius 1 is 1.00 bits per heavy atom. The van der Waals surface area contributed by atoms with Crippen molar-refractivity contribution in [2.45, 2.75) is 30.6 Å². The molecule has 2 aliphatic rings. The number of benzene rings is 2. The van der Waals surface area contributed by atoms with Crippen LogP contribution in [-0.4, -0.2) is 49.6 Å². The van der Waals surface area contributed by atoms with Gasteiger partial charge in [0.1, 0.15) is 5.75 Å². The van der Waals surface area contributed by atoms with Gasteiger partial charge in [-0.2, -0.15) is 0 Å². The van der Waals surface area contributed by atoms with Crippen LogP contribution in [0, 0.1) is 0 Å². The molecule has 0 saturated heterocycles. The van der Waals surface area contributed by atoms with Crippen LogP contribution in [0.2, 0.25) is 0 Å². The third-order valence-corrected chi connectivity index (χ3v) is 6.06. The van der Waals surface area contributed by atoms with Gasteiger partial charge in [-0.25, -0.2) is 0 Å². The number of nitrogens with one attached hydrogen (secondary N) is 1. The van der Waals surface area contributed by atoms with Crippen LogP contribution in [0.4, 0.5) is 0 Å². The summed E-state index contributed by atoms with van der Waals surface area (Å²) in [5, 5.41) is 3.34. The molecule has 6 nitrogen and oxygen atoms in total. The molecule has 1 N–H and O–H groups in total. The summed E-state index contributed by atoms with van der Waals surface area (Å²) >= 11 is 1.37. The molecule has 0 bridgehead atoms. The summed E-state index contributed by atoms with van der Waals surface area (Å²) in [6.45, 7) is 3.38. The van der Waals surface area contributed by atoms with E-state index in [1.165, 1.54) is 22.5 Å². The molecule has 0 unspecified atom stereocenters. The Morgan fingerprint density at radius 2 is 1.80 bits per heavy atom. The molecule has 0 aliphatic carbocycles. The van der Waals surface area contributed by atoms with E-state index in [0.717, 1.165) is 56.0 Å². The molecule has 4 rings (SSSR count). The lowest BCUT2D eigenvalue weighted by molar-refractivity contribution is 0.0651. The number of amides is 2. The predicted molar refractivity (Wildman–Crippen MR) is 116 cm³/mol. The molecule has 158 valence electrons. The molecule has 0 spiro atoms. The zero-order valence-corrected chi connectivity index (χ0v) is 17.7. The minimum Gasteiger partial charge on any atom is -0.492 e. The van der Waals surface area contributed by atoms with Crippen LogP contribution in [0.5, 0.6) is 5.75 Å². The fraction of sp³-hybridized carbons (Fsp3) is 0.391. The number of hydrogen-bond acceptors (Lipinski definition) is 6. The standard InChI is InChI=1S/C23H26N2O4S/c26-22-18-9-1-2-10-19(18)23(27)25(22)14-4-3-12-24-13-16-29-30-20-11-5-7-17-8-6-15-28-21(17)20/h1-2,5,7,9-11,24H,3-4,6,8,12-16H2. The van der Waals surface area contributed by atoms with Crippen molar-refractivity contribution in [1.29, 1.82) is 0 Å². The van der Waals surface area contributed by atoms with Crippen molar-refractivity contribution >= 4 is 23.9 Å². The average molecular weight is 427 g/mol. The molecule has 2 aromatic rings. The van der Waals surface area contributed by atoms with E-state index in [4.69, 9.17) is 8.92 Å². The monoisotopic (exact) mass is 426 g/mol. The van der Waals surface area contributed by atoms with Crippen molar-refractivity contribution in [3.05, 3.63) is 59.2 Å². The Balaban J connectivity index is 1.09. The number of unbranched alkanes of at least 4 members (excludes halogenated alkanes) is 1. The van der Waals surface area contributed by atoms with Crippen LogP contribution in [0.1, 0.15) is 45.5 Å². The van der Waals surface area contributed by atoms with Gasteiger partial charge in [-0.3, -0.25) is 14.5 Å². The second-order valence-corrected chi connectivity index (χ2v) is 8.21. The second-order valence-electron chi connectivity index (χ2n) is 7.37. The van der Waals surface area contributed by atoms with E-state index < -0.39 is 0 Å². The number of ether oxygens (including phenoxy) is 1. The maximum absolute atomic E-state index is 12.3. The summed E-state index contributed by atoms with van der Waals surface area (Å²) in [5.41, 5.74) is 2.28. The number of para-hydroxylation sites is 1. The van der Waals surface area contributed by atoms with E-state index in [9.17, 15) is 9.59 Å². The van der Waals surface area contributed by atoms with Crippen LogP contribution < -0.4 is 10.1 Å². The Bertz CT molecular complexity index is 883. The highest BCUT2D eigenvalue weighted by molar-refractivity contribution is 7.94. The molecule has 7 heteroatoms. The van der Waals surface area contributed by atoms with Gasteiger partial charge in [0.2, 0.25) is 0 Å². The quantitative estimate of drug-likeness (QED) is 0.355. The van der Waals surface area contributed by atoms with Crippen LogP contribution in [0.3, 0.4) is 0 Å². The average Bonchev–Trinajstić information content (AvgIpc) is 3.03. The van der Waals surface area contributed by atoms with Gasteiger partial charge in [0.25, 0.3) is 11.8 Å². The van der Waals surface area contributed by atoms with Gasteiger partial charge in [0.15, 0.2) is 0 Å². The lowest BCUT2D eigenvalue weighted by Crippen LogP contribution is -2.31. The Kier molecular flexibility index (Phi) is 7.04. The first-order chi connectivity index (χ1) is 14.8. The zero-order chi connectivity index (χ0) is 20.8. The number of nitrogens with zero attached hydrogens (tertiary/aromatic N) is 1. The molecular weight excluding hydrogens is 400 g/mol. The first kappa shape index (κ1) is 20.9. The summed E-state index contributed by atoms with van der Waals surface area (Å²) in [6.07, 6.45) is 3.80. The molecule has 2 aromatic carbocycles. The van der Waals surface area contributed by atoms with Crippen molar-refractivity contribution < 1.29 is 18.5 Å². The molecule has 0 saturated carbocycles. The van der Waals surface area contributed by atoms with Gasteiger partial charge < -0.3 is 14.2 Å². The molecule has 0 aromatic heterocycles. The van der Waals surface area contributed by atoms with E-state index >= 15 is 0 Å². The third kappa shape index (κ3) is 4.69. The number of aryl methyl sites for hydroxylation is 1. The van der Waals surface area contributed by atoms with Crippen molar-refractivity contribution in [2.24, 2.45) is 0 Å². The van der Waals surface area contributed by atoms with Gasteiger partial charge in [-0.15, -0.1) is 0 Å². The van der Waals surface area contributed by atoms with Crippen LogP contribution >= 0.6 is 12.0 Å². The fourth-order valence-corrected chi connectivity index (χ4v) is 4.42. The predicted octanol–water partition coefficient (Wildman–Crippen LogP) is 3.70. The minimum atomic E-state index is -0.180. The SMILES string of the molecule is O=C1c2ccccc2C(=O)N1CCCCNCCOSc1cccc2c1OCCC2. The maximum Gasteiger partial charge on any atom is 0.261 e. The van der Waals surface area contributed by atoms with Gasteiger partial charge in [0, 0.05) is 25.1 Å². The zero-order valence-electron chi connectivity index (χ0n) is 16.9.